The molecule has 1 atom stereocenters. The number of nitrogens with zero attached hydrogens (tertiary/aromatic N) is 3. The Bertz CT molecular complexity index is 1080. The molecule has 1 N–H and O–H groups in total. The number of halogens is 1. The van der Waals surface area contributed by atoms with Gasteiger partial charge in [0, 0.05) is 24.2 Å². The quantitative estimate of drug-likeness (QED) is 0.680. The number of hydrogen-bond donors (Lipinski definition) is 1. The van der Waals surface area contributed by atoms with Crippen LogP contribution in [0.3, 0.4) is 0 Å². The van der Waals surface area contributed by atoms with E-state index in [0.717, 1.165) is 37.1 Å². The third-order valence-corrected chi connectivity index (χ3v) is 5.39. The van der Waals surface area contributed by atoms with E-state index in [-0.39, 0.29) is 5.82 Å². The van der Waals surface area contributed by atoms with Crippen molar-refractivity contribution in [1.82, 2.24) is 15.2 Å². The van der Waals surface area contributed by atoms with Crippen LogP contribution in [0.15, 0.2) is 77.1 Å². The van der Waals surface area contributed by atoms with E-state index < -0.39 is 18.0 Å². The monoisotopic (exact) mass is 404 g/mol. The Morgan fingerprint density at radius 1 is 0.967 bits per heavy atom. The first-order chi connectivity index (χ1) is 14.7. The van der Waals surface area contributed by atoms with Crippen molar-refractivity contribution in [3.05, 3.63) is 72.7 Å². The molecule has 3 heterocycles. The van der Waals surface area contributed by atoms with E-state index in [2.05, 4.69) is 10.3 Å². The molecule has 2 aromatic carbocycles. The molecule has 0 radical (unpaired) electrons. The highest BCUT2D eigenvalue weighted by atomic mass is 19.1. The van der Waals surface area contributed by atoms with E-state index in [1.807, 2.05) is 65.6 Å². The van der Waals surface area contributed by atoms with Crippen LogP contribution in [0.25, 0.3) is 22.8 Å². The number of rotatable bonds is 4. The minimum absolute atomic E-state index is 0.257. The predicted molar refractivity (Wildman–Crippen MR) is 112 cm³/mol. The second-order valence-corrected chi connectivity index (χ2v) is 7.38. The smallest absolute Gasteiger partial charge is 0.328 e. The van der Waals surface area contributed by atoms with Gasteiger partial charge in [-0.25, -0.2) is 14.1 Å². The van der Waals surface area contributed by atoms with Crippen LogP contribution in [0.5, 0.6) is 0 Å². The van der Waals surface area contributed by atoms with Gasteiger partial charge in [-0.15, -0.1) is 0 Å². The molecular formula is C23H21FN4O2. The standard InChI is InChI=1S/C23H21FN4O2/c24-18-15-28(23(29)26-20(18)27-13-7-8-14-27)21-19(16-9-3-1-4-10-16)30-22(25-21)17-11-5-2-6-12-17/h1-6,9-12,15,20H,7-8,13-14H2,(H,26,29)/t20-/m0/s1. The molecule has 7 heteroatoms. The van der Waals surface area contributed by atoms with E-state index >= 15 is 0 Å². The molecule has 0 aliphatic carbocycles. The number of nitrogens with one attached hydrogen (secondary N) is 1. The molecule has 1 saturated heterocycles. The van der Waals surface area contributed by atoms with Crippen molar-refractivity contribution in [2.24, 2.45) is 0 Å². The van der Waals surface area contributed by atoms with Crippen LogP contribution in [0.2, 0.25) is 0 Å². The molecule has 0 spiro atoms. The van der Waals surface area contributed by atoms with Crippen LogP contribution in [-0.2, 0) is 0 Å². The van der Waals surface area contributed by atoms with Gasteiger partial charge in [-0.05, 0) is 25.0 Å². The fourth-order valence-electron chi connectivity index (χ4n) is 3.89. The van der Waals surface area contributed by atoms with Gasteiger partial charge >= 0.3 is 6.03 Å². The largest absolute Gasteiger partial charge is 0.434 e. The Balaban J connectivity index is 1.57. The van der Waals surface area contributed by atoms with Gasteiger partial charge in [0.25, 0.3) is 0 Å². The van der Waals surface area contributed by atoms with Crippen LogP contribution in [0.4, 0.5) is 15.0 Å². The third kappa shape index (κ3) is 3.37. The van der Waals surface area contributed by atoms with Crippen molar-refractivity contribution in [2.45, 2.75) is 19.0 Å². The summed E-state index contributed by atoms with van der Waals surface area (Å²) < 4.78 is 21.0. The number of carbonyl (C=O) groups is 1. The number of aromatic nitrogens is 1. The molecule has 2 amide bonds. The van der Waals surface area contributed by atoms with E-state index in [1.54, 1.807) is 0 Å². The average molecular weight is 404 g/mol. The lowest BCUT2D eigenvalue weighted by Gasteiger charge is -2.33. The molecule has 1 aromatic heterocycles. The van der Waals surface area contributed by atoms with Crippen LogP contribution in [0, 0.1) is 0 Å². The summed E-state index contributed by atoms with van der Waals surface area (Å²) in [6.07, 6.45) is 2.51. The van der Waals surface area contributed by atoms with Gasteiger partial charge in [0.15, 0.2) is 17.4 Å². The van der Waals surface area contributed by atoms with Gasteiger partial charge in [0.05, 0.1) is 6.20 Å². The van der Waals surface area contributed by atoms with E-state index in [4.69, 9.17) is 4.42 Å². The van der Waals surface area contributed by atoms with Crippen molar-refractivity contribution < 1.29 is 13.6 Å². The first-order valence-electron chi connectivity index (χ1n) is 10.0. The summed E-state index contributed by atoms with van der Waals surface area (Å²) in [7, 11) is 0. The fraction of sp³-hybridized carbons (Fsp3) is 0.217. The Morgan fingerprint density at radius 3 is 2.27 bits per heavy atom. The maximum absolute atomic E-state index is 15.0. The summed E-state index contributed by atoms with van der Waals surface area (Å²) in [5.41, 5.74) is 1.53. The molecule has 2 aliphatic rings. The van der Waals surface area contributed by atoms with E-state index in [9.17, 15) is 9.18 Å². The number of amides is 2. The van der Waals surface area contributed by atoms with Crippen molar-refractivity contribution in [3.63, 3.8) is 0 Å². The lowest BCUT2D eigenvalue weighted by molar-refractivity contribution is 0.192. The number of benzene rings is 2. The molecular weight excluding hydrogens is 383 g/mol. The van der Waals surface area contributed by atoms with Gasteiger partial charge in [-0.3, -0.25) is 4.90 Å². The lowest BCUT2D eigenvalue weighted by atomic mass is 10.1. The zero-order valence-electron chi connectivity index (χ0n) is 16.3. The maximum atomic E-state index is 15.0. The van der Waals surface area contributed by atoms with Crippen LogP contribution in [0.1, 0.15) is 12.8 Å². The first-order valence-corrected chi connectivity index (χ1v) is 10.0. The summed E-state index contributed by atoms with van der Waals surface area (Å²) in [4.78, 5) is 20.6. The topological polar surface area (TPSA) is 61.6 Å². The first kappa shape index (κ1) is 18.6. The van der Waals surface area contributed by atoms with Gasteiger partial charge in [0.2, 0.25) is 5.89 Å². The zero-order chi connectivity index (χ0) is 20.5. The van der Waals surface area contributed by atoms with Crippen molar-refractivity contribution in [1.29, 1.82) is 0 Å². The molecule has 3 aromatic rings. The molecule has 1 fully saturated rings. The minimum Gasteiger partial charge on any atom is -0.434 e. The SMILES string of the molecule is O=C1N[C@@H](N2CCCC2)C(F)=CN1c1nc(-c2ccccc2)oc1-c1ccccc1. The summed E-state index contributed by atoms with van der Waals surface area (Å²) in [6.45, 7) is 1.53. The van der Waals surface area contributed by atoms with Crippen LogP contribution in [-0.4, -0.2) is 35.2 Å². The average Bonchev–Trinajstić information content (AvgIpc) is 3.47. The Morgan fingerprint density at radius 2 is 1.60 bits per heavy atom. The Kier molecular flexibility index (Phi) is 4.80. The highest BCUT2D eigenvalue weighted by Crippen LogP contribution is 2.37. The van der Waals surface area contributed by atoms with Gasteiger partial charge in [0.1, 0.15) is 6.17 Å². The number of oxazole rings is 1. The highest BCUT2D eigenvalue weighted by Gasteiger charge is 2.36. The molecule has 0 saturated carbocycles. The number of urea groups is 1. The fourth-order valence-corrected chi connectivity index (χ4v) is 3.89. The maximum Gasteiger partial charge on any atom is 0.328 e. The number of hydrogen-bond acceptors (Lipinski definition) is 4. The number of anilines is 1. The van der Waals surface area contributed by atoms with Crippen molar-refractivity contribution in [2.75, 3.05) is 18.0 Å². The second kappa shape index (κ2) is 7.76. The molecule has 0 bridgehead atoms. The van der Waals surface area contributed by atoms with E-state index in [1.165, 1.54) is 11.1 Å². The summed E-state index contributed by atoms with van der Waals surface area (Å²) in [5, 5.41) is 2.77. The molecule has 30 heavy (non-hydrogen) atoms. The summed E-state index contributed by atoms with van der Waals surface area (Å²) >= 11 is 0. The van der Waals surface area contributed by atoms with Gasteiger partial charge in [-0.1, -0.05) is 48.5 Å². The Hall–Kier alpha value is -3.45. The summed E-state index contributed by atoms with van der Waals surface area (Å²) in [5.74, 6) is 0.619. The number of likely N-dealkylation sites (tertiary alicyclic amines) is 1. The summed E-state index contributed by atoms with van der Waals surface area (Å²) in [6, 6.07) is 18.4. The van der Waals surface area contributed by atoms with E-state index in [0.29, 0.717) is 11.7 Å². The van der Waals surface area contributed by atoms with Crippen molar-refractivity contribution >= 4 is 11.8 Å². The second-order valence-electron chi connectivity index (χ2n) is 7.38. The Labute approximate surface area is 173 Å². The molecule has 6 nitrogen and oxygen atoms in total. The van der Waals surface area contributed by atoms with Crippen LogP contribution >= 0.6 is 0 Å². The normalized spacial score (nSPS) is 19.6. The molecule has 152 valence electrons. The van der Waals surface area contributed by atoms with Gasteiger partial charge in [-0.2, -0.15) is 4.98 Å². The number of carbonyl (C=O) groups excluding carboxylic acids is 1. The minimum atomic E-state index is -0.725. The highest BCUT2D eigenvalue weighted by molar-refractivity contribution is 5.97. The molecule has 2 aliphatic heterocycles. The third-order valence-electron chi connectivity index (χ3n) is 5.39. The zero-order valence-corrected chi connectivity index (χ0v) is 16.3. The van der Waals surface area contributed by atoms with Crippen molar-refractivity contribution in [3.8, 4) is 22.8 Å². The lowest BCUT2D eigenvalue weighted by Crippen LogP contribution is -2.54. The van der Waals surface area contributed by atoms with Gasteiger partial charge < -0.3 is 9.73 Å². The van der Waals surface area contributed by atoms with Crippen LogP contribution < -0.4 is 10.2 Å². The predicted octanol–water partition coefficient (Wildman–Crippen LogP) is 4.77. The molecule has 0 unspecified atom stereocenters. The molecule has 5 rings (SSSR count).